The fourth-order valence-electron chi connectivity index (χ4n) is 1.83. The van der Waals surface area contributed by atoms with Crippen LogP contribution < -0.4 is 5.32 Å². The van der Waals surface area contributed by atoms with E-state index in [-0.39, 0.29) is 11.8 Å². The lowest BCUT2D eigenvalue weighted by Gasteiger charge is -2.14. The average Bonchev–Trinajstić information content (AvgIpc) is 2.45. The number of methoxy groups -OCH3 is 1. The minimum absolute atomic E-state index is 0.0542. The van der Waals surface area contributed by atoms with Crippen molar-refractivity contribution in [3.8, 4) is 0 Å². The molecule has 0 saturated carbocycles. The molecular formula is C15H22N2O3. The molecule has 0 saturated heterocycles. The lowest BCUT2D eigenvalue weighted by Crippen LogP contribution is -2.35. The number of hydrogen-bond donors (Lipinski definition) is 1. The Morgan fingerprint density at radius 2 is 2.05 bits per heavy atom. The fraction of sp³-hybridized carbons (Fsp3) is 0.467. The molecule has 0 aliphatic rings. The van der Waals surface area contributed by atoms with Gasteiger partial charge < -0.3 is 15.0 Å². The molecule has 0 unspecified atom stereocenters. The SMILES string of the molecule is CC[C@H](OC)C(=O)NCc1cccc(C(=O)N(C)C)c1. The van der Waals surface area contributed by atoms with Crippen molar-refractivity contribution in [2.24, 2.45) is 0 Å². The van der Waals surface area contributed by atoms with Crippen molar-refractivity contribution < 1.29 is 14.3 Å². The molecule has 20 heavy (non-hydrogen) atoms. The Morgan fingerprint density at radius 1 is 1.35 bits per heavy atom. The Kier molecular flexibility index (Phi) is 6.18. The summed E-state index contributed by atoms with van der Waals surface area (Å²) < 4.78 is 5.07. The lowest BCUT2D eigenvalue weighted by atomic mass is 10.1. The van der Waals surface area contributed by atoms with Gasteiger partial charge in [-0.05, 0) is 24.1 Å². The molecule has 0 aromatic heterocycles. The van der Waals surface area contributed by atoms with Crippen LogP contribution in [0.4, 0.5) is 0 Å². The number of carbonyl (C=O) groups excluding carboxylic acids is 2. The van der Waals surface area contributed by atoms with Gasteiger partial charge in [-0.25, -0.2) is 0 Å². The molecule has 0 radical (unpaired) electrons. The van der Waals surface area contributed by atoms with Crippen molar-refractivity contribution >= 4 is 11.8 Å². The first-order chi connectivity index (χ1) is 9.49. The van der Waals surface area contributed by atoms with E-state index in [0.717, 1.165) is 5.56 Å². The van der Waals surface area contributed by atoms with Crippen molar-refractivity contribution in [2.45, 2.75) is 26.0 Å². The molecule has 1 aromatic rings. The molecule has 1 aromatic carbocycles. The summed E-state index contributed by atoms with van der Waals surface area (Å²) in [6, 6.07) is 7.24. The van der Waals surface area contributed by atoms with E-state index in [1.165, 1.54) is 12.0 Å². The summed E-state index contributed by atoms with van der Waals surface area (Å²) in [7, 11) is 4.94. The van der Waals surface area contributed by atoms with E-state index in [1.807, 2.05) is 19.1 Å². The Hall–Kier alpha value is -1.88. The van der Waals surface area contributed by atoms with Gasteiger partial charge in [0.25, 0.3) is 5.91 Å². The largest absolute Gasteiger partial charge is 0.372 e. The quantitative estimate of drug-likeness (QED) is 0.856. The van der Waals surface area contributed by atoms with Crippen LogP contribution in [-0.4, -0.2) is 44.0 Å². The molecule has 2 amide bonds. The second-order valence-corrected chi connectivity index (χ2v) is 4.75. The third-order valence-electron chi connectivity index (χ3n) is 2.99. The minimum Gasteiger partial charge on any atom is -0.372 e. The number of amides is 2. The van der Waals surface area contributed by atoms with Crippen LogP contribution in [0, 0.1) is 0 Å². The van der Waals surface area contributed by atoms with Gasteiger partial charge >= 0.3 is 0 Å². The zero-order valence-corrected chi connectivity index (χ0v) is 12.5. The van der Waals surface area contributed by atoms with Crippen LogP contribution in [0.5, 0.6) is 0 Å². The van der Waals surface area contributed by atoms with Crippen LogP contribution in [-0.2, 0) is 16.1 Å². The molecule has 110 valence electrons. The first-order valence-corrected chi connectivity index (χ1v) is 6.60. The van der Waals surface area contributed by atoms with Gasteiger partial charge in [0, 0.05) is 33.3 Å². The summed E-state index contributed by atoms with van der Waals surface area (Å²) in [5, 5.41) is 2.81. The number of nitrogens with zero attached hydrogens (tertiary/aromatic N) is 1. The van der Waals surface area contributed by atoms with E-state index in [9.17, 15) is 9.59 Å². The van der Waals surface area contributed by atoms with Crippen molar-refractivity contribution in [3.05, 3.63) is 35.4 Å². The Labute approximate surface area is 119 Å². The maximum Gasteiger partial charge on any atom is 0.253 e. The lowest BCUT2D eigenvalue weighted by molar-refractivity contribution is -0.131. The maximum absolute atomic E-state index is 11.9. The monoisotopic (exact) mass is 278 g/mol. The van der Waals surface area contributed by atoms with Gasteiger partial charge in [0.15, 0.2) is 0 Å². The highest BCUT2D eigenvalue weighted by atomic mass is 16.5. The molecule has 1 rings (SSSR count). The van der Waals surface area contributed by atoms with Crippen LogP contribution >= 0.6 is 0 Å². The summed E-state index contributed by atoms with van der Waals surface area (Å²) in [5.41, 5.74) is 1.50. The van der Waals surface area contributed by atoms with Crippen LogP contribution in [0.3, 0.4) is 0 Å². The first kappa shape index (κ1) is 16.2. The second-order valence-electron chi connectivity index (χ2n) is 4.75. The molecule has 0 spiro atoms. The highest BCUT2D eigenvalue weighted by Crippen LogP contribution is 2.07. The highest BCUT2D eigenvalue weighted by Gasteiger charge is 2.15. The predicted molar refractivity (Wildman–Crippen MR) is 77.4 cm³/mol. The molecule has 1 N–H and O–H groups in total. The van der Waals surface area contributed by atoms with Crippen LogP contribution in [0.1, 0.15) is 29.3 Å². The van der Waals surface area contributed by atoms with Crippen LogP contribution in [0.2, 0.25) is 0 Å². The third kappa shape index (κ3) is 4.35. The summed E-state index contributed by atoms with van der Waals surface area (Å²) >= 11 is 0. The van der Waals surface area contributed by atoms with E-state index in [4.69, 9.17) is 4.74 Å². The van der Waals surface area contributed by atoms with Crippen LogP contribution in [0.15, 0.2) is 24.3 Å². The van der Waals surface area contributed by atoms with Gasteiger partial charge in [-0.2, -0.15) is 0 Å². The van der Waals surface area contributed by atoms with Gasteiger partial charge in [-0.1, -0.05) is 19.1 Å². The third-order valence-corrected chi connectivity index (χ3v) is 2.99. The van der Waals surface area contributed by atoms with E-state index < -0.39 is 6.10 Å². The second kappa shape index (κ2) is 7.65. The fourth-order valence-corrected chi connectivity index (χ4v) is 1.83. The van der Waals surface area contributed by atoms with Crippen molar-refractivity contribution in [1.29, 1.82) is 0 Å². The molecular weight excluding hydrogens is 256 g/mol. The molecule has 0 aliphatic heterocycles. The van der Waals surface area contributed by atoms with E-state index >= 15 is 0 Å². The molecule has 1 atom stereocenters. The van der Waals surface area contributed by atoms with Gasteiger partial charge in [0.1, 0.15) is 6.10 Å². The topological polar surface area (TPSA) is 58.6 Å². The average molecular weight is 278 g/mol. The number of carbonyl (C=O) groups is 2. The molecule has 0 fully saturated rings. The Bertz CT molecular complexity index is 468. The maximum atomic E-state index is 11.9. The number of benzene rings is 1. The van der Waals surface area contributed by atoms with Crippen molar-refractivity contribution in [3.63, 3.8) is 0 Å². The summed E-state index contributed by atoms with van der Waals surface area (Å²) in [4.78, 5) is 25.2. The van der Waals surface area contributed by atoms with Gasteiger partial charge in [-0.15, -0.1) is 0 Å². The van der Waals surface area contributed by atoms with E-state index in [2.05, 4.69) is 5.32 Å². The molecule has 5 heteroatoms. The summed E-state index contributed by atoms with van der Waals surface area (Å²) in [5.74, 6) is -0.194. The zero-order valence-electron chi connectivity index (χ0n) is 12.5. The van der Waals surface area contributed by atoms with E-state index in [0.29, 0.717) is 18.5 Å². The van der Waals surface area contributed by atoms with Gasteiger partial charge in [0.2, 0.25) is 5.91 Å². The molecule has 0 bridgehead atoms. The summed E-state index contributed by atoms with van der Waals surface area (Å²) in [6.45, 7) is 2.28. The number of nitrogens with one attached hydrogen (secondary N) is 1. The van der Waals surface area contributed by atoms with Crippen molar-refractivity contribution in [1.82, 2.24) is 10.2 Å². The number of rotatable bonds is 6. The Balaban J connectivity index is 2.68. The van der Waals surface area contributed by atoms with E-state index in [1.54, 1.807) is 26.2 Å². The molecule has 0 aliphatic carbocycles. The van der Waals surface area contributed by atoms with Gasteiger partial charge in [0.05, 0.1) is 0 Å². The van der Waals surface area contributed by atoms with Crippen LogP contribution in [0.25, 0.3) is 0 Å². The zero-order chi connectivity index (χ0) is 15.1. The Morgan fingerprint density at radius 3 is 2.60 bits per heavy atom. The molecule has 0 heterocycles. The highest BCUT2D eigenvalue weighted by molar-refractivity contribution is 5.94. The standard InChI is InChI=1S/C15H22N2O3/c1-5-13(20-4)14(18)16-10-11-7-6-8-12(9-11)15(19)17(2)3/h6-9,13H,5,10H2,1-4H3,(H,16,18)/t13-/m0/s1. The predicted octanol–water partition coefficient (Wildman–Crippen LogP) is 1.43. The molecule has 5 nitrogen and oxygen atoms in total. The van der Waals surface area contributed by atoms with Gasteiger partial charge in [-0.3, -0.25) is 9.59 Å². The first-order valence-electron chi connectivity index (χ1n) is 6.60. The summed E-state index contributed by atoms with van der Waals surface area (Å²) in [6.07, 6.45) is 0.197. The normalized spacial score (nSPS) is 11.8. The smallest absolute Gasteiger partial charge is 0.253 e. The number of ether oxygens (including phenoxy) is 1. The minimum atomic E-state index is -0.429. The van der Waals surface area contributed by atoms with Crippen molar-refractivity contribution in [2.75, 3.05) is 21.2 Å². The number of hydrogen-bond acceptors (Lipinski definition) is 3.